The van der Waals surface area contributed by atoms with Crippen LogP contribution in [0.4, 0.5) is 11.4 Å². The Kier molecular flexibility index (Phi) is 3.55. The van der Waals surface area contributed by atoms with Gasteiger partial charge in [0.1, 0.15) is 6.54 Å². The van der Waals surface area contributed by atoms with Gasteiger partial charge in [-0.1, -0.05) is 6.92 Å². The van der Waals surface area contributed by atoms with Gasteiger partial charge in [0.2, 0.25) is 18.6 Å². The van der Waals surface area contributed by atoms with Crippen molar-refractivity contribution >= 4 is 23.2 Å². The molecular formula is C14H17N3O4. The molecule has 7 heteroatoms. The fourth-order valence-corrected chi connectivity index (χ4v) is 2.33. The van der Waals surface area contributed by atoms with Crippen molar-refractivity contribution < 1.29 is 19.1 Å². The van der Waals surface area contributed by atoms with E-state index in [-0.39, 0.29) is 31.7 Å². The molecular weight excluding hydrogens is 274 g/mol. The number of carbonyl (C=O) groups is 2. The van der Waals surface area contributed by atoms with E-state index in [9.17, 15) is 9.59 Å². The molecule has 0 fully saturated rings. The highest BCUT2D eigenvalue weighted by Crippen LogP contribution is 2.42. The molecule has 112 valence electrons. The average molecular weight is 291 g/mol. The summed E-state index contributed by atoms with van der Waals surface area (Å²) >= 11 is 0. The maximum absolute atomic E-state index is 12.1. The minimum absolute atomic E-state index is 0.00710. The lowest BCUT2D eigenvalue weighted by atomic mass is 10.1. The largest absolute Gasteiger partial charge is 0.454 e. The third-order valence-electron chi connectivity index (χ3n) is 3.39. The van der Waals surface area contributed by atoms with Gasteiger partial charge in [-0.05, 0) is 6.42 Å². The van der Waals surface area contributed by atoms with Gasteiger partial charge in [0.15, 0.2) is 11.5 Å². The van der Waals surface area contributed by atoms with Crippen molar-refractivity contribution in [2.45, 2.75) is 13.3 Å². The quantitative estimate of drug-likeness (QED) is 0.853. The maximum atomic E-state index is 12.1. The number of rotatable bonds is 4. The van der Waals surface area contributed by atoms with Crippen molar-refractivity contribution in [2.75, 3.05) is 36.6 Å². The summed E-state index contributed by atoms with van der Waals surface area (Å²) in [6, 6.07) is 3.52. The van der Waals surface area contributed by atoms with Gasteiger partial charge >= 0.3 is 0 Å². The lowest BCUT2D eigenvalue weighted by molar-refractivity contribution is -0.123. The molecule has 0 bridgehead atoms. The number of hydrogen-bond donors (Lipinski definition) is 2. The summed E-state index contributed by atoms with van der Waals surface area (Å²) < 4.78 is 10.6. The number of carbonyl (C=O) groups excluding carboxylic acids is 2. The van der Waals surface area contributed by atoms with Gasteiger partial charge in [-0.25, -0.2) is 0 Å². The number of benzene rings is 1. The number of amides is 2. The average Bonchev–Trinajstić information content (AvgIpc) is 2.93. The van der Waals surface area contributed by atoms with Gasteiger partial charge in [0.25, 0.3) is 0 Å². The molecule has 1 aromatic rings. The molecule has 2 N–H and O–H groups in total. The first-order valence-electron chi connectivity index (χ1n) is 6.93. The molecule has 0 saturated heterocycles. The van der Waals surface area contributed by atoms with E-state index in [1.807, 2.05) is 6.92 Å². The number of hydrogen-bond acceptors (Lipinski definition) is 5. The van der Waals surface area contributed by atoms with Gasteiger partial charge in [0.05, 0.1) is 17.9 Å². The highest BCUT2D eigenvalue weighted by Gasteiger charge is 2.29. The molecule has 2 amide bonds. The first kappa shape index (κ1) is 13.5. The van der Waals surface area contributed by atoms with Crippen LogP contribution in [0.5, 0.6) is 11.5 Å². The molecule has 0 aromatic heterocycles. The molecule has 21 heavy (non-hydrogen) atoms. The second kappa shape index (κ2) is 5.51. The molecule has 0 spiro atoms. The first-order valence-corrected chi connectivity index (χ1v) is 6.93. The van der Waals surface area contributed by atoms with Gasteiger partial charge in [-0.15, -0.1) is 0 Å². The molecule has 3 rings (SSSR count). The molecule has 2 aliphatic heterocycles. The Morgan fingerprint density at radius 3 is 2.90 bits per heavy atom. The van der Waals surface area contributed by atoms with E-state index < -0.39 is 0 Å². The fourth-order valence-electron chi connectivity index (χ4n) is 2.33. The summed E-state index contributed by atoms with van der Waals surface area (Å²) in [7, 11) is 0. The van der Waals surface area contributed by atoms with Gasteiger partial charge in [-0.2, -0.15) is 0 Å². The number of ether oxygens (including phenoxy) is 2. The van der Waals surface area contributed by atoms with Crippen molar-refractivity contribution in [3.63, 3.8) is 0 Å². The molecule has 0 atom stereocenters. The molecule has 0 radical (unpaired) electrons. The SMILES string of the molecule is CCCNC(=O)CN1C(=O)CNc2cc3c(cc21)OCO3. The van der Waals surface area contributed by atoms with Crippen LogP contribution in [0.15, 0.2) is 12.1 Å². The Hall–Kier alpha value is -2.44. The standard InChI is InChI=1S/C14H17N3O4/c1-2-3-15-13(18)7-17-10-5-12-11(20-8-21-12)4-9(10)16-6-14(17)19/h4-5,16H,2-3,6-8H2,1H3,(H,15,18). The van der Waals surface area contributed by atoms with Crippen LogP contribution in [0.2, 0.25) is 0 Å². The summed E-state index contributed by atoms with van der Waals surface area (Å²) in [5, 5.41) is 5.80. The molecule has 1 aromatic carbocycles. The Labute approximate surface area is 122 Å². The van der Waals surface area contributed by atoms with Crippen LogP contribution in [0, 0.1) is 0 Å². The van der Waals surface area contributed by atoms with Gasteiger partial charge in [-0.3, -0.25) is 14.5 Å². The molecule has 0 saturated carbocycles. The zero-order valence-electron chi connectivity index (χ0n) is 11.8. The highest BCUT2D eigenvalue weighted by molar-refractivity contribution is 6.06. The topological polar surface area (TPSA) is 79.9 Å². The van der Waals surface area contributed by atoms with E-state index >= 15 is 0 Å². The predicted octanol–water partition coefficient (Wildman–Crippen LogP) is 0.700. The van der Waals surface area contributed by atoms with Gasteiger partial charge in [0, 0.05) is 18.7 Å². The van der Waals surface area contributed by atoms with Crippen LogP contribution in [0.1, 0.15) is 13.3 Å². The predicted molar refractivity (Wildman–Crippen MR) is 76.7 cm³/mol. The van der Waals surface area contributed by atoms with Crippen LogP contribution in [0.25, 0.3) is 0 Å². The first-order chi connectivity index (χ1) is 10.2. The summed E-state index contributed by atoms with van der Waals surface area (Å²) in [5.74, 6) is 0.916. The smallest absolute Gasteiger partial charge is 0.246 e. The summed E-state index contributed by atoms with van der Waals surface area (Å²) in [4.78, 5) is 25.4. The third kappa shape index (κ3) is 2.58. The van der Waals surface area contributed by atoms with Crippen molar-refractivity contribution in [3.8, 4) is 11.5 Å². The summed E-state index contributed by atoms with van der Waals surface area (Å²) in [5.41, 5.74) is 1.41. The molecule has 2 heterocycles. The number of anilines is 2. The fraction of sp³-hybridized carbons (Fsp3) is 0.429. The van der Waals surface area contributed by atoms with Crippen molar-refractivity contribution in [3.05, 3.63) is 12.1 Å². The lowest BCUT2D eigenvalue weighted by Crippen LogP contribution is -2.45. The maximum Gasteiger partial charge on any atom is 0.246 e. The van der Waals surface area contributed by atoms with Crippen molar-refractivity contribution in [1.82, 2.24) is 5.32 Å². The van der Waals surface area contributed by atoms with Crippen LogP contribution in [0.3, 0.4) is 0 Å². The Morgan fingerprint density at radius 2 is 2.14 bits per heavy atom. The van der Waals surface area contributed by atoms with E-state index in [1.165, 1.54) is 4.90 Å². The van der Waals surface area contributed by atoms with Crippen molar-refractivity contribution in [1.29, 1.82) is 0 Å². The van der Waals surface area contributed by atoms with E-state index in [1.54, 1.807) is 12.1 Å². The number of fused-ring (bicyclic) bond motifs is 2. The van der Waals surface area contributed by atoms with Gasteiger partial charge < -0.3 is 20.1 Å². The number of nitrogens with zero attached hydrogens (tertiary/aromatic N) is 1. The van der Waals surface area contributed by atoms with E-state index in [0.29, 0.717) is 23.7 Å². The van der Waals surface area contributed by atoms with Crippen LogP contribution < -0.4 is 25.0 Å². The van der Waals surface area contributed by atoms with E-state index in [2.05, 4.69) is 10.6 Å². The minimum atomic E-state index is -0.171. The van der Waals surface area contributed by atoms with Crippen LogP contribution >= 0.6 is 0 Å². The normalized spacial score (nSPS) is 15.5. The van der Waals surface area contributed by atoms with Crippen molar-refractivity contribution in [2.24, 2.45) is 0 Å². The monoisotopic (exact) mass is 291 g/mol. The second-order valence-electron chi connectivity index (χ2n) is 4.91. The molecule has 0 unspecified atom stereocenters. The van der Waals surface area contributed by atoms with Crippen LogP contribution in [-0.4, -0.2) is 38.2 Å². The minimum Gasteiger partial charge on any atom is -0.454 e. The highest BCUT2D eigenvalue weighted by atomic mass is 16.7. The van der Waals surface area contributed by atoms with E-state index in [4.69, 9.17) is 9.47 Å². The lowest BCUT2D eigenvalue weighted by Gasteiger charge is -2.29. The van der Waals surface area contributed by atoms with E-state index in [0.717, 1.165) is 12.1 Å². The molecule has 0 aliphatic carbocycles. The summed E-state index contributed by atoms with van der Waals surface area (Å²) in [6.07, 6.45) is 0.858. The third-order valence-corrected chi connectivity index (χ3v) is 3.39. The zero-order chi connectivity index (χ0) is 14.8. The zero-order valence-corrected chi connectivity index (χ0v) is 11.8. The Bertz CT molecular complexity index is 588. The summed E-state index contributed by atoms with van der Waals surface area (Å²) in [6.45, 7) is 2.92. The molecule has 7 nitrogen and oxygen atoms in total. The Morgan fingerprint density at radius 1 is 1.38 bits per heavy atom. The Balaban J connectivity index is 1.85. The molecule has 2 aliphatic rings. The number of nitrogens with one attached hydrogen (secondary N) is 2. The second-order valence-corrected chi connectivity index (χ2v) is 4.91. The van der Waals surface area contributed by atoms with Crippen LogP contribution in [-0.2, 0) is 9.59 Å².